The zero-order valence-electron chi connectivity index (χ0n) is 12.1. The molecule has 0 radical (unpaired) electrons. The first-order valence-corrected chi connectivity index (χ1v) is 5.48. The predicted octanol–water partition coefficient (Wildman–Crippen LogP) is 4.00. The minimum atomic E-state index is 0.467. The van der Waals surface area contributed by atoms with Gasteiger partial charge in [0.05, 0.1) is 6.54 Å². The Balaban J connectivity index is 3.90. The average molecular weight is 353 g/mol. The molecule has 0 unspecified atom stereocenters. The fraction of sp³-hybridized carbons (Fsp3) is 1.00. The lowest BCUT2D eigenvalue weighted by Gasteiger charge is -1.71. The molecule has 130 valence electrons. The fourth-order valence-electron chi connectivity index (χ4n) is 0.437. The van der Waals surface area contributed by atoms with E-state index in [1.165, 1.54) is 0 Å². The van der Waals surface area contributed by atoms with Crippen molar-refractivity contribution in [1.82, 2.24) is 0 Å². The highest BCUT2D eigenvalue weighted by molar-refractivity contribution is 4.19. The quantitative estimate of drug-likeness (QED) is 0.321. The first-order valence-electron chi connectivity index (χ1n) is 5.48. The summed E-state index contributed by atoms with van der Waals surface area (Å²) in [5.74, 6) is 4.61. The van der Waals surface area contributed by atoms with Crippen LogP contribution in [-0.4, -0.2) is 6.54 Å². The fourth-order valence-corrected chi connectivity index (χ4v) is 0.437. The Hall–Kier alpha value is -4.60. The molecule has 0 atom stereocenters. The van der Waals surface area contributed by atoms with E-state index in [2.05, 4.69) is 121 Å². The van der Waals surface area contributed by atoms with E-state index in [0.717, 1.165) is 0 Å². The summed E-state index contributed by atoms with van der Waals surface area (Å²) in [7, 11) is 0. The molecule has 23 heteroatoms. The molecule has 0 bridgehead atoms. The molecule has 0 spiro atoms. The van der Waals surface area contributed by atoms with E-state index < -0.39 is 0 Å². The van der Waals surface area contributed by atoms with Crippen molar-refractivity contribution in [2.24, 2.45) is 121 Å². The second-order valence-corrected chi connectivity index (χ2v) is 2.36. The smallest absolute Gasteiger partial charge is 0.0593 e. The Morgan fingerprint density at radius 2 is 0.640 bits per heavy atom. The summed E-state index contributed by atoms with van der Waals surface area (Å²) in [5, 5.41) is 66.7. The van der Waals surface area contributed by atoms with Gasteiger partial charge in [0.25, 0.3) is 0 Å². The highest BCUT2D eigenvalue weighted by atomic mass is 15.7. The van der Waals surface area contributed by atoms with Crippen molar-refractivity contribution >= 4 is 0 Å². The second-order valence-electron chi connectivity index (χ2n) is 2.36. The summed E-state index contributed by atoms with van der Waals surface area (Å²) < 4.78 is 0. The third-order valence-corrected chi connectivity index (χ3v) is 1.02. The van der Waals surface area contributed by atoms with Crippen LogP contribution in [0.1, 0.15) is 6.92 Å². The lowest BCUT2D eigenvalue weighted by molar-refractivity contribution is 0.734. The maximum Gasteiger partial charge on any atom is 0.0593 e. The Labute approximate surface area is 135 Å². The molecule has 0 aromatic heterocycles. The van der Waals surface area contributed by atoms with Crippen LogP contribution in [0, 0.1) is 0 Å². The zero-order valence-corrected chi connectivity index (χ0v) is 12.1. The van der Waals surface area contributed by atoms with Gasteiger partial charge in [-0.3, -0.25) is 0 Å². The van der Waals surface area contributed by atoms with Gasteiger partial charge in [0.1, 0.15) is 0 Å². The average Bonchev–Trinajstić information content (AvgIpc) is 2.63. The highest BCUT2D eigenvalue weighted by Gasteiger charge is 1.71. The van der Waals surface area contributed by atoms with Crippen molar-refractivity contribution in [2.45, 2.75) is 6.92 Å². The van der Waals surface area contributed by atoms with Crippen LogP contribution in [0.25, 0.3) is 0 Å². The van der Waals surface area contributed by atoms with Gasteiger partial charge in [0, 0.05) is 26.1 Å². The van der Waals surface area contributed by atoms with Gasteiger partial charge in [0.15, 0.2) is 0 Å². The molecule has 0 aliphatic rings. The minimum absolute atomic E-state index is 0.467. The van der Waals surface area contributed by atoms with Crippen LogP contribution in [-0.2, 0) is 0 Å². The molecule has 2 N–H and O–H groups in total. The molecule has 0 aromatic carbocycles. The standard InChI is InChI=1S/C2H7N23/c1-2-4-6-8-10-12-14-16-18-20-22-24-25-23-21-19-17-15-13-11-9-7-5-3/h2H2,1H3,(H2,3,4,7,8,11,12,15,16,19,20,23,24). The predicted molar refractivity (Wildman–Crippen MR) is 68.1 cm³/mol. The van der Waals surface area contributed by atoms with Crippen LogP contribution in [0.4, 0.5) is 0 Å². The Bertz CT molecular complexity index is 616. The summed E-state index contributed by atoms with van der Waals surface area (Å²) in [6, 6.07) is 0. The van der Waals surface area contributed by atoms with E-state index in [4.69, 9.17) is 0 Å². The number of hydrogen-bond donors (Lipinski definition) is 1. The SMILES string of the molecule is CCN=NN=NN=NN=NN=NN=NN=NN=NN=NN=NN=NN. The van der Waals surface area contributed by atoms with E-state index in [1.807, 2.05) is 0 Å². The van der Waals surface area contributed by atoms with Gasteiger partial charge in [0.2, 0.25) is 0 Å². The summed E-state index contributed by atoms with van der Waals surface area (Å²) in [5.41, 5.74) is 0. The molecule has 0 aromatic rings. The third-order valence-electron chi connectivity index (χ3n) is 1.02. The number of hydrogen-bond acceptors (Lipinski definition) is 2. The van der Waals surface area contributed by atoms with E-state index in [1.54, 1.807) is 6.92 Å². The summed E-state index contributed by atoms with van der Waals surface area (Å²) in [6.07, 6.45) is 0. The monoisotopic (exact) mass is 353 g/mol. The van der Waals surface area contributed by atoms with Crippen molar-refractivity contribution in [3.05, 3.63) is 0 Å². The molecular weight excluding hydrogens is 346 g/mol. The summed E-state index contributed by atoms with van der Waals surface area (Å²) in [6.45, 7) is 2.23. The van der Waals surface area contributed by atoms with Gasteiger partial charge in [-0.05, 0) is 85.3 Å². The van der Waals surface area contributed by atoms with Crippen molar-refractivity contribution in [2.75, 3.05) is 6.54 Å². The van der Waals surface area contributed by atoms with Crippen LogP contribution >= 0.6 is 0 Å². The maximum absolute atomic E-state index is 4.61. The lowest BCUT2D eigenvalue weighted by atomic mass is 10.8. The van der Waals surface area contributed by atoms with E-state index >= 15 is 0 Å². The number of nitrogens with two attached hydrogens (primary N) is 1. The molecule has 23 nitrogen and oxygen atoms in total. The number of rotatable bonds is 11. The number of nitrogens with zero attached hydrogens (tertiary/aromatic N) is 22. The van der Waals surface area contributed by atoms with E-state index in [9.17, 15) is 0 Å². The first kappa shape index (κ1) is 20.4. The van der Waals surface area contributed by atoms with Crippen LogP contribution in [0.3, 0.4) is 0 Å². The normalized spacial score (nSPS) is 14.8. The lowest BCUT2D eigenvalue weighted by Crippen LogP contribution is -1.70. The van der Waals surface area contributed by atoms with Crippen LogP contribution in [0.2, 0.25) is 0 Å². The van der Waals surface area contributed by atoms with Crippen molar-refractivity contribution < 1.29 is 0 Å². The van der Waals surface area contributed by atoms with Crippen LogP contribution < -0.4 is 5.84 Å². The Morgan fingerprint density at radius 3 is 0.880 bits per heavy atom. The van der Waals surface area contributed by atoms with E-state index in [-0.39, 0.29) is 0 Å². The molecule has 0 aliphatic heterocycles. The molecule has 0 rings (SSSR count). The topological polar surface area (TPSA) is 298 Å². The van der Waals surface area contributed by atoms with Gasteiger partial charge in [-0.1, -0.05) is 5.22 Å². The summed E-state index contributed by atoms with van der Waals surface area (Å²) in [4.78, 5) is 0. The Kier molecular flexibility index (Phi) is 15.8. The van der Waals surface area contributed by atoms with Gasteiger partial charge >= 0.3 is 0 Å². The minimum Gasteiger partial charge on any atom is -0.303 e. The Morgan fingerprint density at radius 1 is 0.400 bits per heavy atom. The van der Waals surface area contributed by atoms with Crippen molar-refractivity contribution in [1.29, 1.82) is 0 Å². The molecule has 0 aliphatic carbocycles. The van der Waals surface area contributed by atoms with Crippen LogP contribution in [0.15, 0.2) is 115 Å². The maximum atomic E-state index is 4.61. The van der Waals surface area contributed by atoms with Crippen LogP contribution in [0.5, 0.6) is 0 Å². The van der Waals surface area contributed by atoms with Gasteiger partial charge in [-0.2, -0.15) is 5.11 Å². The molecule has 25 heavy (non-hydrogen) atoms. The highest BCUT2D eigenvalue weighted by Crippen LogP contribution is 1.90. The van der Waals surface area contributed by atoms with Gasteiger partial charge in [-0.15, -0.1) is 0 Å². The largest absolute Gasteiger partial charge is 0.303 e. The molecular formula is C2H7N23. The zero-order chi connectivity index (χ0) is 18.3. The molecule has 0 fully saturated rings. The molecule has 0 amide bonds. The summed E-state index contributed by atoms with van der Waals surface area (Å²) >= 11 is 0. The van der Waals surface area contributed by atoms with Gasteiger partial charge < -0.3 is 5.84 Å². The molecule has 0 heterocycles. The third kappa shape index (κ3) is 19.4. The van der Waals surface area contributed by atoms with Gasteiger partial charge in [-0.25, -0.2) is 0 Å². The molecule has 0 saturated carbocycles. The first-order chi connectivity index (χ1) is 12.4. The van der Waals surface area contributed by atoms with Crippen molar-refractivity contribution in [3.63, 3.8) is 0 Å². The second kappa shape index (κ2) is 19.4. The van der Waals surface area contributed by atoms with E-state index in [0.29, 0.717) is 6.54 Å². The molecule has 0 saturated heterocycles. The van der Waals surface area contributed by atoms with Crippen molar-refractivity contribution in [3.8, 4) is 0 Å².